The van der Waals surface area contributed by atoms with Crippen LogP contribution in [-0.4, -0.2) is 17.1 Å². The third kappa shape index (κ3) is 3.83. The fraction of sp³-hybridized carbons (Fsp3) is 0.615. The van der Waals surface area contributed by atoms with Crippen molar-refractivity contribution in [3.63, 3.8) is 0 Å². The number of ether oxygens (including phenoxy) is 1. The smallest absolute Gasteiger partial charge is 0.417 e. The number of pyridine rings is 1. The quantitative estimate of drug-likeness (QED) is 0.843. The molecule has 1 aliphatic rings. The summed E-state index contributed by atoms with van der Waals surface area (Å²) in [4.78, 5) is 3.71. The molecular formula is C13H17F3N2O. The summed E-state index contributed by atoms with van der Waals surface area (Å²) < 4.78 is 42.8. The Labute approximate surface area is 110 Å². The predicted octanol–water partition coefficient (Wildman–Crippen LogP) is 3.14. The molecule has 6 heteroatoms. The summed E-state index contributed by atoms with van der Waals surface area (Å²) in [5, 5.41) is 0. The minimum atomic E-state index is -4.37. The monoisotopic (exact) mass is 274 g/mol. The molecule has 0 radical (unpaired) electrons. The van der Waals surface area contributed by atoms with Gasteiger partial charge in [0.05, 0.1) is 5.56 Å². The number of hydrogen-bond donors (Lipinski definition) is 1. The summed E-state index contributed by atoms with van der Waals surface area (Å²) in [6, 6.07) is 2.15. The van der Waals surface area contributed by atoms with Gasteiger partial charge in [0.25, 0.3) is 0 Å². The molecule has 1 aromatic rings. The molecule has 1 fully saturated rings. The van der Waals surface area contributed by atoms with Gasteiger partial charge in [0, 0.05) is 18.3 Å². The van der Waals surface area contributed by atoms with Crippen LogP contribution in [-0.2, 0) is 6.18 Å². The minimum absolute atomic E-state index is 0.0772. The first-order valence-corrected chi connectivity index (χ1v) is 6.42. The topological polar surface area (TPSA) is 48.1 Å². The lowest BCUT2D eigenvalue weighted by molar-refractivity contribution is -0.137. The van der Waals surface area contributed by atoms with Crippen molar-refractivity contribution in [2.45, 2.75) is 50.4 Å². The van der Waals surface area contributed by atoms with Crippen molar-refractivity contribution in [3.05, 3.63) is 23.9 Å². The average molecular weight is 274 g/mol. The van der Waals surface area contributed by atoms with Crippen LogP contribution in [0.4, 0.5) is 13.2 Å². The van der Waals surface area contributed by atoms with Gasteiger partial charge in [-0.15, -0.1) is 0 Å². The van der Waals surface area contributed by atoms with Crippen LogP contribution in [0.1, 0.15) is 37.7 Å². The fourth-order valence-electron chi connectivity index (χ4n) is 2.22. The molecule has 19 heavy (non-hydrogen) atoms. The zero-order valence-electron chi connectivity index (χ0n) is 10.5. The molecule has 1 saturated carbocycles. The third-order valence-corrected chi connectivity index (χ3v) is 3.34. The van der Waals surface area contributed by atoms with Crippen LogP contribution in [0.2, 0.25) is 0 Å². The number of rotatable bonds is 2. The molecule has 1 heterocycles. The average Bonchev–Trinajstić information content (AvgIpc) is 2.55. The maximum absolute atomic E-state index is 12.4. The Morgan fingerprint density at radius 1 is 1.16 bits per heavy atom. The Balaban J connectivity index is 2.02. The zero-order valence-corrected chi connectivity index (χ0v) is 10.5. The first-order chi connectivity index (χ1) is 8.97. The van der Waals surface area contributed by atoms with Crippen LogP contribution < -0.4 is 10.5 Å². The van der Waals surface area contributed by atoms with Crippen LogP contribution in [0, 0.1) is 0 Å². The van der Waals surface area contributed by atoms with Gasteiger partial charge in [0.2, 0.25) is 5.88 Å². The van der Waals surface area contributed by atoms with Crippen LogP contribution in [0.15, 0.2) is 18.3 Å². The Kier molecular flexibility index (Phi) is 4.29. The first-order valence-electron chi connectivity index (χ1n) is 6.42. The van der Waals surface area contributed by atoms with E-state index in [4.69, 9.17) is 10.5 Å². The van der Waals surface area contributed by atoms with E-state index in [1.165, 1.54) is 6.07 Å². The number of nitrogens with zero attached hydrogens (tertiary/aromatic N) is 1. The van der Waals surface area contributed by atoms with Crippen molar-refractivity contribution < 1.29 is 17.9 Å². The van der Waals surface area contributed by atoms with Gasteiger partial charge in [-0.25, -0.2) is 4.98 Å². The highest BCUT2D eigenvalue weighted by atomic mass is 19.4. The minimum Gasteiger partial charge on any atom is -0.473 e. The summed E-state index contributed by atoms with van der Waals surface area (Å²) in [6.45, 7) is 0. The molecule has 2 N–H and O–H groups in total. The molecule has 2 rings (SSSR count). The van der Waals surface area contributed by atoms with E-state index in [2.05, 4.69) is 4.98 Å². The van der Waals surface area contributed by atoms with Gasteiger partial charge in [-0.2, -0.15) is 13.2 Å². The second kappa shape index (κ2) is 5.77. The summed E-state index contributed by atoms with van der Waals surface area (Å²) in [6.07, 6.45) is 1.18. The van der Waals surface area contributed by atoms with Gasteiger partial charge in [0.15, 0.2) is 0 Å². The van der Waals surface area contributed by atoms with Gasteiger partial charge < -0.3 is 10.5 Å². The molecule has 0 spiro atoms. The molecule has 106 valence electrons. The van der Waals surface area contributed by atoms with E-state index in [9.17, 15) is 13.2 Å². The second-order valence-electron chi connectivity index (χ2n) is 4.84. The van der Waals surface area contributed by atoms with E-state index < -0.39 is 11.7 Å². The Morgan fingerprint density at radius 3 is 2.53 bits per heavy atom. The lowest BCUT2D eigenvalue weighted by atomic mass is 10.1. The standard InChI is InChI=1S/C13H17F3N2O/c14-13(15,16)9-6-7-12(18-8-9)19-11-5-3-1-2-4-10(11)17/h6-8,10-11H,1-5,17H2. The normalized spacial score (nSPS) is 24.8. The van der Waals surface area contributed by atoms with Gasteiger partial charge in [-0.1, -0.05) is 12.8 Å². The summed E-state index contributed by atoms with van der Waals surface area (Å²) in [5.74, 6) is 0.204. The number of alkyl halides is 3. The number of hydrogen-bond acceptors (Lipinski definition) is 3. The largest absolute Gasteiger partial charge is 0.473 e. The van der Waals surface area contributed by atoms with Crippen molar-refractivity contribution >= 4 is 0 Å². The predicted molar refractivity (Wildman–Crippen MR) is 64.7 cm³/mol. The van der Waals surface area contributed by atoms with Gasteiger partial charge >= 0.3 is 6.18 Å². The van der Waals surface area contributed by atoms with Crippen molar-refractivity contribution in [2.75, 3.05) is 0 Å². The summed E-state index contributed by atoms with van der Waals surface area (Å²) in [5.41, 5.74) is 5.22. The SMILES string of the molecule is NC1CCCCCC1Oc1ccc(C(F)(F)F)cn1. The first kappa shape index (κ1) is 14.1. The highest BCUT2D eigenvalue weighted by Crippen LogP contribution is 2.29. The zero-order chi connectivity index (χ0) is 13.9. The Morgan fingerprint density at radius 2 is 1.89 bits per heavy atom. The van der Waals surface area contributed by atoms with E-state index >= 15 is 0 Å². The Bertz CT molecular complexity index is 405. The van der Waals surface area contributed by atoms with Crippen molar-refractivity contribution in [3.8, 4) is 5.88 Å². The van der Waals surface area contributed by atoms with Gasteiger partial charge in [0.1, 0.15) is 6.10 Å². The van der Waals surface area contributed by atoms with E-state index in [1.54, 1.807) is 0 Å². The molecule has 0 aromatic carbocycles. The maximum atomic E-state index is 12.4. The number of halogens is 3. The maximum Gasteiger partial charge on any atom is 0.417 e. The molecule has 3 nitrogen and oxygen atoms in total. The fourth-order valence-corrected chi connectivity index (χ4v) is 2.22. The van der Waals surface area contributed by atoms with Crippen molar-refractivity contribution in [2.24, 2.45) is 5.73 Å². The Hall–Kier alpha value is -1.30. The van der Waals surface area contributed by atoms with E-state index in [-0.39, 0.29) is 18.0 Å². The molecule has 2 atom stereocenters. The molecule has 1 aromatic heterocycles. The van der Waals surface area contributed by atoms with E-state index in [0.29, 0.717) is 0 Å². The van der Waals surface area contributed by atoms with Gasteiger partial charge in [-0.3, -0.25) is 0 Å². The van der Waals surface area contributed by atoms with Crippen LogP contribution in [0.5, 0.6) is 5.88 Å². The highest BCUT2D eigenvalue weighted by molar-refractivity contribution is 5.20. The molecule has 2 unspecified atom stereocenters. The number of aromatic nitrogens is 1. The summed E-state index contributed by atoms with van der Waals surface area (Å²) >= 11 is 0. The highest BCUT2D eigenvalue weighted by Gasteiger charge is 2.31. The van der Waals surface area contributed by atoms with Crippen LogP contribution >= 0.6 is 0 Å². The second-order valence-corrected chi connectivity index (χ2v) is 4.84. The molecule has 0 amide bonds. The lowest BCUT2D eigenvalue weighted by Gasteiger charge is -2.22. The third-order valence-electron chi connectivity index (χ3n) is 3.34. The van der Waals surface area contributed by atoms with E-state index in [0.717, 1.165) is 44.4 Å². The van der Waals surface area contributed by atoms with Crippen LogP contribution in [0.3, 0.4) is 0 Å². The molecule has 0 aliphatic heterocycles. The molecule has 0 bridgehead atoms. The molecular weight excluding hydrogens is 257 g/mol. The molecule has 0 saturated heterocycles. The van der Waals surface area contributed by atoms with Crippen LogP contribution in [0.25, 0.3) is 0 Å². The van der Waals surface area contributed by atoms with Crippen molar-refractivity contribution in [1.82, 2.24) is 4.98 Å². The number of nitrogens with two attached hydrogens (primary N) is 1. The van der Waals surface area contributed by atoms with Gasteiger partial charge in [-0.05, 0) is 25.3 Å². The summed E-state index contributed by atoms with van der Waals surface area (Å²) in [7, 11) is 0. The lowest BCUT2D eigenvalue weighted by Crippen LogP contribution is -2.38. The van der Waals surface area contributed by atoms with Crippen molar-refractivity contribution in [1.29, 1.82) is 0 Å². The molecule has 1 aliphatic carbocycles. The van der Waals surface area contributed by atoms with E-state index in [1.807, 2.05) is 0 Å².